The molecule has 40 heavy (non-hydrogen) atoms. The van der Waals surface area contributed by atoms with Crippen molar-refractivity contribution in [2.75, 3.05) is 19.6 Å². The van der Waals surface area contributed by atoms with E-state index in [1.54, 1.807) is 12.1 Å². The fourth-order valence-corrected chi connectivity index (χ4v) is 6.91. The number of rotatable bonds is 8. The third-order valence-electron chi connectivity index (χ3n) is 9.12. The number of aromatic nitrogens is 1. The molecule has 0 bridgehead atoms. The molecule has 3 fully saturated rings. The first-order valence-electron chi connectivity index (χ1n) is 14.9. The summed E-state index contributed by atoms with van der Waals surface area (Å²) < 4.78 is 14.6. The number of benzene rings is 1. The number of nitrogens with zero attached hydrogens (tertiary/aromatic N) is 3. The van der Waals surface area contributed by atoms with Crippen LogP contribution in [0, 0.1) is 24.6 Å². The van der Waals surface area contributed by atoms with Gasteiger partial charge in [0.05, 0.1) is 12.1 Å². The second kappa shape index (κ2) is 12.7. The minimum absolute atomic E-state index is 0.0524. The van der Waals surface area contributed by atoms with Crippen molar-refractivity contribution in [1.82, 2.24) is 31.0 Å². The Morgan fingerprint density at radius 1 is 1.10 bits per heavy atom. The number of amides is 2. The third kappa shape index (κ3) is 6.21. The number of pyridine rings is 1. The van der Waals surface area contributed by atoms with Crippen molar-refractivity contribution in [2.45, 2.75) is 83.6 Å². The van der Waals surface area contributed by atoms with E-state index >= 15 is 0 Å². The molecule has 1 aromatic heterocycles. The van der Waals surface area contributed by atoms with E-state index in [-0.39, 0.29) is 41.7 Å². The number of hydrogen-bond donors (Lipinski definition) is 3. The van der Waals surface area contributed by atoms with Gasteiger partial charge in [-0.15, -0.1) is 0 Å². The predicted octanol–water partition coefficient (Wildman–Crippen LogP) is 3.48. The van der Waals surface area contributed by atoms with Crippen LogP contribution in [0.15, 0.2) is 42.6 Å². The normalized spacial score (nSPS) is 28.6. The molecule has 3 N–H and O–H groups in total. The van der Waals surface area contributed by atoms with Crippen molar-refractivity contribution in [3.63, 3.8) is 0 Å². The number of fused-ring (bicyclic) bond motifs is 1. The molecule has 3 heterocycles. The monoisotopic (exact) mass is 550 g/mol. The Hall–Kier alpha value is -2.88. The molecule has 3 aliphatic rings. The maximum atomic E-state index is 14.6. The Labute approximate surface area is 237 Å². The van der Waals surface area contributed by atoms with E-state index < -0.39 is 0 Å². The van der Waals surface area contributed by atoms with Crippen molar-refractivity contribution >= 4 is 11.8 Å². The van der Waals surface area contributed by atoms with Gasteiger partial charge in [-0.2, -0.15) is 0 Å². The highest BCUT2D eigenvalue weighted by Crippen LogP contribution is 2.40. The summed E-state index contributed by atoms with van der Waals surface area (Å²) in [5.41, 5.74) is 9.69. The van der Waals surface area contributed by atoms with E-state index in [1.807, 2.05) is 37.9 Å². The lowest BCUT2D eigenvalue weighted by atomic mass is 9.74. The fraction of sp³-hybridized carbons (Fsp3) is 0.581. The molecule has 2 saturated heterocycles. The number of aryl methyl sites for hydroxylation is 1. The molecule has 1 aromatic carbocycles. The highest BCUT2D eigenvalue weighted by atomic mass is 19.1. The van der Waals surface area contributed by atoms with Crippen LogP contribution in [0.4, 0.5) is 4.39 Å². The topological polar surface area (TPSA) is 89.6 Å². The summed E-state index contributed by atoms with van der Waals surface area (Å²) >= 11 is 0. The molecule has 2 aromatic rings. The van der Waals surface area contributed by atoms with Gasteiger partial charge in [0.25, 0.3) is 0 Å². The van der Waals surface area contributed by atoms with Crippen LogP contribution in [0.5, 0.6) is 0 Å². The van der Waals surface area contributed by atoms with Gasteiger partial charge < -0.3 is 10.2 Å². The molecule has 2 amide bonds. The number of halogens is 1. The first kappa shape index (κ1) is 28.6. The lowest BCUT2D eigenvalue weighted by molar-refractivity contribution is -0.138. The summed E-state index contributed by atoms with van der Waals surface area (Å²) in [6.07, 6.45) is 5.83. The van der Waals surface area contributed by atoms with E-state index in [1.165, 1.54) is 11.6 Å². The molecule has 0 radical (unpaired) electrons. The van der Waals surface area contributed by atoms with Crippen molar-refractivity contribution in [2.24, 2.45) is 11.8 Å². The van der Waals surface area contributed by atoms with Crippen molar-refractivity contribution in [3.05, 3.63) is 65.2 Å². The Kier molecular flexibility index (Phi) is 9.13. The zero-order valence-corrected chi connectivity index (χ0v) is 23.9. The zero-order valence-electron chi connectivity index (χ0n) is 23.9. The first-order chi connectivity index (χ1) is 19.4. The highest BCUT2D eigenvalue weighted by Gasteiger charge is 2.43. The standard InChI is InChI=1S/C31H43FN6O2/c1-4-37(5-2)31(40)28-13-11-24(19-38(28)18-23-8-6-7-9-26(23)32)34-30(39)22-10-12-27-25(17-22)29(36-35-27)21-14-15-33-20(3)16-21/h6-9,14-16,22,24-25,27-29,35-36H,4-5,10-13,17-19H2,1-3H3,(H,34,39)/t22?,24-,25?,27?,28+,29?/m1/s1. The number of hydrogen-bond acceptors (Lipinski definition) is 6. The number of piperidine rings is 1. The summed E-state index contributed by atoms with van der Waals surface area (Å²) in [4.78, 5) is 35.2. The second-order valence-corrected chi connectivity index (χ2v) is 11.6. The molecule has 6 atom stereocenters. The van der Waals surface area contributed by atoms with Crippen molar-refractivity contribution in [3.8, 4) is 0 Å². The summed E-state index contributed by atoms with van der Waals surface area (Å²) in [6, 6.07) is 11.0. The Balaban J connectivity index is 1.25. The first-order valence-corrected chi connectivity index (χ1v) is 14.9. The van der Waals surface area contributed by atoms with Gasteiger partial charge in [0.1, 0.15) is 5.82 Å². The second-order valence-electron chi connectivity index (χ2n) is 11.6. The van der Waals surface area contributed by atoms with Crippen LogP contribution in [0.3, 0.4) is 0 Å². The number of likely N-dealkylation sites (tertiary alicyclic amines) is 1. The number of likely N-dealkylation sites (N-methyl/N-ethyl adjacent to an activating group) is 1. The van der Waals surface area contributed by atoms with Gasteiger partial charge in [-0.3, -0.25) is 24.9 Å². The van der Waals surface area contributed by atoms with Crippen LogP contribution in [-0.4, -0.2) is 64.4 Å². The molecule has 2 aliphatic heterocycles. The number of hydrazine groups is 1. The highest BCUT2D eigenvalue weighted by molar-refractivity contribution is 5.82. The SMILES string of the molecule is CCN(CC)C(=O)[C@@H]1CC[C@@H](NC(=O)C2CCC3NNC(c4ccnc(C)c4)C3C2)CN1Cc1ccccc1F. The Morgan fingerprint density at radius 2 is 1.90 bits per heavy atom. The van der Waals surface area contributed by atoms with Crippen LogP contribution in [0.2, 0.25) is 0 Å². The van der Waals surface area contributed by atoms with E-state index in [2.05, 4.69) is 38.2 Å². The van der Waals surface area contributed by atoms with E-state index in [4.69, 9.17) is 0 Å². The van der Waals surface area contributed by atoms with Crippen LogP contribution in [0.1, 0.15) is 68.8 Å². The molecule has 8 nitrogen and oxygen atoms in total. The molecule has 216 valence electrons. The lowest BCUT2D eigenvalue weighted by Gasteiger charge is -2.41. The lowest BCUT2D eigenvalue weighted by Crippen LogP contribution is -2.57. The van der Waals surface area contributed by atoms with E-state index in [0.717, 1.165) is 31.4 Å². The minimum Gasteiger partial charge on any atom is -0.352 e. The average molecular weight is 551 g/mol. The van der Waals surface area contributed by atoms with Crippen LogP contribution < -0.4 is 16.2 Å². The molecule has 0 spiro atoms. The van der Waals surface area contributed by atoms with Crippen LogP contribution in [0.25, 0.3) is 0 Å². The molecule has 5 rings (SSSR count). The largest absolute Gasteiger partial charge is 0.352 e. The van der Waals surface area contributed by atoms with Crippen LogP contribution >= 0.6 is 0 Å². The molecule has 1 saturated carbocycles. The fourth-order valence-electron chi connectivity index (χ4n) is 6.91. The van der Waals surface area contributed by atoms with E-state index in [0.29, 0.717) is 50.1 Å². The average Bonchev–Trinajstić information content (AvgIpc) is 3.38. The van der Waals surface area contributed by atoms with Gasteiger partial charge in [-0.25, -0.2) is 9.82 Å². The van der Waals surface area contributed by atoms with Gasteiger partial charge in [0, 0.05) is 61.6 Å². The zero-order chi connectivity index (χ0) is 28.2. The maximum absolute atomic E-state index is 14.6. The third-order valence-corrected chi connectivity index (χ3v) is 9.12. The summed E-state index contributed by atoms with van der Waals surface area (Å²) in [6.45, 7) is 8.13. The van der Waals surface area contributed by atoms with Crippen molar-refractivity contribution in [1.29, 1.82) is 0 Å². The van der Waals surface area contributed by atoms with Gasteiger partial charge in [-0.1, -0.05) is 18.2 Å². The maximum Gasteiger partial charge on any atom is 0.239 e. The molecular formula is C31H43FN6O2. The Bertz CT molecular complexity index is 1190. The van der Waals surface area contributed by atoms with Gasteiger partial charge in [0.15, 0.2) is 0 Å². The summed E-state index contributed by atoms with van der Waals surface area (Å²) in [5, 5.41) is 3.33. The number of carbonyl (C=O) groups excluding carboxylic acids is 2. The van der Waals surface area contributed by atoms with E-state index in [9.17, 15) is 14.0 Å². The smallest absolute Gasteiger partial charge is 0.239 e. The Morgan fingerprint density at radius 3 is 2.65 bits per heavy atom. The van der Waals surface area contributed by atoms with Crippen molar-refractivity contribution < 1.29 is 14.0 Å². The van der Waals surface area contributed by atoms with Gasteiger partial charge in [-0.05, 0) is 82.6 Å². The van der Waals surface area contributed by atoms with Gasteiger partial charge in [0.2, 0.25) is 11.8 Å². The van der Waals surface area contributed by atoms with Gasteiger partial charge >= 0.3 is 0 Å². The molecule has 1 aliphatic carbocycles. The predicted molar refractivity (Wildman–Crippen MR) is 152 cm³/mol. The number of carbonyl (C=O) groups is 2. The minimum atomic E-state index is -0.316. The molecule has 4 unspecified atom stereocenters. The van der Waals surface area contributed by atoms with Crippen LogP contribution in [-0.2, 0) is 16.1 Å². The summed E-state index contributed by atoms with van der Waals surface area (Å²) in [7, 11) is 0. The molecular weight excluding hydrogens is 507 g/mol. The quantitative estimate of drug-likeness (QED) is 0.467. The molecule has 9 heteroatoms. The summed E-state index contributed by atoms with van der Waals surface area (Å²) in [5.74, 6) is 0.189. The number of nitrogens with one attached hydrogen (secondary N) is 3.